The molecule has 0 amide bonds. The van der Waals surface area contributed by atoms with Crippen LogP contribution in [0.5, 0.6) is 5.75 Å². The van der Waals surface area contributed by atoms with Gasteiger partial charge < -0.3 is 15.2 Å². The number of ether oxygens (including phenoxy) is 2. The Bertz CT molecular complexity index is 352. The number of carbonyl (C=O) groups excluding carboxylic acids is 1. The van der Waals surface area contributed by atoms with Crippen LogP contribution in [0.25, 0.3) is 0 Å². The summed E-state index contributed by atoms with van der Waals surface area (Å²) in [6.45, 7) is 0.385. The number of carbonyl (C=O) groups is 1. The summed E-state index contributed by atoms with van der Waals surface area (Å²) in [7, 11) is 3.14. The SMILES string of the molecule is COCC(N)CC(=O)c1cccc(OC)c1. The molecule has 0 bridgehead atoms. The minimum atomic E-state index is -0.260. The second kappa shape index (κ2) is 6.25. The van der Waals surface area contributed by atoms with Crippen molar-refractivity contribution in [2.45, 2.75) is 12.5 Å². The highest BCUT2D eigenvalue weighted by Gasteiger charge is 2.11. The predicted molar refractivity (Wildman–Crippen MR) is 61.8 cm³/mol. The van der Waals surface area contributed by atoms with Gasteiger partial charge >= 0.3 is 0 Å². The van der Waals surface area contributed by atoms with Gasteiger partial charge in [0.15, 0.2) is 5.78 Å². The summed E-state index contributed by atoms with van der Waals surface area (Å²) in [5, 5.41) is 0. The van der Waals surface area contributed by atoms with E-state index in [-0.39, 0.29) is 18.2 Å². The lowest BCUT2D eigenvalue weighted by atomic mass is 10.0. The van der Waals surface area contributed by atoms with Crippen LogP contribution in [-0.2, 0) is 4.74 Å². The van der Waals surface area contributed by atoms with Gasteiger partial charge in [-0.2, -0.15) is 0 Å². The summed E-state index contributed by atoms with van der Waals surface area (Å²) < 4.78 is 9.93. The number of Topliss-reactive ketones (excluding diaryl/α,β-unsaturated/α-hetero) is 1. The molecule has 0 heterocycles. The number of hydrogen-bond acceptors (Lipinski definition) is 4. The third-order valence-electron chi connectivity index (χ3n) is 2.22. The van der Waals surface area contributed by atoms with Crippen molar-refractivity contribution in [1.82, 2.24) is 0 Å². The fraction of sp³-hybridized carbons (Fsp3) is 0.417. The Labute approximate surface area is 95.3 Å². The third-order valence-corrected chi connectivity index (χ3v) is 2.22. The molecule has 0 aliphatic heterocycles. The lowest BCUT2D eigenvalue weighted by Gasteiger charge is -2.09. The van der Waals surface area contributed by atoms with Crippen molar-refractivity contribution in [3.8, 4) is 5.75 Å². The highest BCUT2D eigenvalue weighted by atomic mass is 16.5. The molecule has 16 heavy (non-hydrogen) atoms. The molecule has 0 aromatic heterocycles. The van der Waals surface area contributed by atoms with E-state index in [1.54, 1.807) is 38.5 Å². The maximum absolute atomic E-state index is 11.8. The van der Waals surface area contributed by atoms with Crippen molar-refractivity contribution in [1.29, 1.82) is 0 Å². The summed E-state index contributed by atoms with van der Waals surface area (Å²) in [5.41, 5.74) is 6.33. The van der Waals surface area contributed by atoms with Crippen molar-refractivity contribution in [2.24, 2.45) is 5.73 Å². The van der Waals surface area contributed by atoms with Crippen molar-refractivity contribution >= 4 is 5.78 Å². The van der Waals surface area contributed by atoms with E-state index in [4.69, 9.17) is 15.2 Å². The average Bonchev–Trinajstić information content (AvgIpc) is 2.29. The molecule has 1 aromatic carbocycles. The van der Waals surface area contributed by atoms with Crippen LogP contribution in [0.2, 0.25) is 0 Å². The van der Waals surface area contributed by atoms with Crippen molar-refractivity contribution in [3.63, 3.8) is 0 Å². The Hall–Kier alpha value is -1.39. The molecule has 88 valence electrons. The largest absolute Gasteiger partial charge is 0.497 e. The zero-order valence-corrected chi connectivity index (χ0v) is 9.60. The number of ketones is 1. The summed E-state index contributed by atoms with van der Waals surface area (Å²) in [5.74, 6) is 0.676. The summed E-state index contributed by atoms with van der Waals surface area (Å²) >= 11 is 0. The van der Waals surface area contributed by atoms with E-state index in [1.807, 2.05) is 0 Å². The average molecular weight is 223 g/mol. The van der Waals surface area contributed by atoms with E-state index in [0.717, 1.165) is 0 Å². The summed E-state index contributed by atoms with van der Waals surface area (Å²) in [6.07, 6.45) is 0.279. The molecule has 4 nitrogen and oxygen atoms in total. The Kier molecular flexibility index (Phi) is 4.95. The maximum Gasteiger partial charge on any atom is 0.164 e. The molecule has 1 atom stereocenters. The van der Waals surface area contributed by atoms with Crippen molar-refractivity contribution in [3.05, 3.63) is 29.8 Å². The quantitative estimate of drug-likeness (QED) is 0.737. The highest BCUT2D eigenvalue weighted by molar-refractivity contribution is 5.96. The molecular formula is C12H17NO3. The van der Waals surface area contributed by atoms with E-state index in [0.29, 0.717) is 17.9 Å². The highest BCUT2D eigenvalue weighted by Crippen LogP contribution is 2.14. The lowest BCUT2D eigenvalue weighted by Crippen LogP contribution is -2.28. The van der Waals surface area contributed by atoms with Gasteiger partial charge in [0.1, 0.15) is 5.75 Å². The molecule has 1 unspecified atom stereocenters. The zero-order chi connectivity index (χ0) is 12.0. The normalized spacial score (nSPS) is 12.2. The van der Waals surface area contributed by atoms with Crippen LogP contribution >= 0.6 is 0 Å². The van der Waals surface area contributed by atoms with Gasteiger partial charge in [0.25, 0.3) is 0 Å². The van der Waals surface area contributed by atoms with Gasteiger partial charge in [0.2, 0.25) is 0 Å². The van der Waals surface area contributed by atoms with Crippen molar-refractivity contribution < 1.29 is 14.3 Å². The van der Waals surface area contributed by atoms with Crippen molar-refractivity contribution in [2.75, 3.05) is 20.8 Å². The summed E-state index contributed by atoms with van der Waals surface area (Å²) in [6, 6.07) is 6.79. The standard InChI is InChI=1S/C12H17NO3/c1-15-8-10(13)7-12(14)9-4-3-5-11(6-9)16-2/h3-6,10H,7-8,13H2,1-2H3. The van der Waals surface area contributed by atoms with Gasteiger partial charge in [0, 0.05) is 25.1 Å². The second-order valence-corrected chi connectivity index (χ2v) is 3.57. The van der Waals surface area contributed by atoms with Crippen LogP contribution in [0, 0.1) is 0 Å². The molecule has 4 heteroatoms. The first-order chi connectivity index (χ1) is 7.67. The van der Waals surface area contributed by atoms with E-state index in [2.05, 4.69) is 0 Å². The lowest BCUT2D eigenvalue weighted by molar-refractivity contribution is 0.0949. The number of hydrogen-bond donors (Lipinski definition) is 1. The molecule has 0 spiro atoms. The van der Waals surface area contributed by atoms with E-state index in [9.17, 15) is 4.79 Å². The molecule has 0 aliphatic rings. The Morgan fingerprint density at radius 3 is 2.81 bits per heavy atom. The van der Waals surface area contributed by atoms with Crippen LogP contribution in [-0.4, -0.2) is 32.7 Å². The first kappa shape index (κ1) is 12.7. The molecule has 0 radical (unpaired) electrons. The monoisotopic (exact) mass is 223 g/mol. The smallest absolute Gasteiger partial charge is 0.164 e. The molecule has 0 aliphatic carbocycles. The fourth-order valence-electron chi connectivity index (χ4n) is 1.43. The van der Waals surface area contributed by atoms with Gasteiger partial charge in [-0.05, 0) is 12.1 Å². The minimum absolute atomic E-state index is 0.00319. The summed E-state index contributed by atoms with van der Waals surface area (Å²) in [4.78, 5) is 11.8. The number of nitrogens with two attached hydrogens (primary N) is 1. The third kappa shape index (κ3) is 3.64. The molecular weight excluding hydrogens is 206 g/mol. The molecule has 0 saturated heterocycles. The maximum atomic E-state index is 11.8. The molecule has 2 N–H and O–H groups in total. The van der Waals surface area contributed by atoms with Crippen LogP contribution in [0.1, 0.15) is 16.8 Å². The van der Waals surface area contributed by atoms with Gasteiger partial charge in [-0.3, -0.25) is 4.79 Å². The van der Waals surface area contributed by atoms with Crippen LogP contribution in [0.15, 0.2) is 24.3 Å². The Morgan fingerprint density at radius 2 is 2.19 bits per heavy atom. The van der Waals surface area contributed by atoms with Gasteiger partial charge in [-0.15, -0.1) is 0 Å². The van der Waals surface area contributed by atoms with Gasteiger partial charge in [0.05, 0.1) is 13.7 Å². The number of rotatable bonds is 6. The van der Waals surface area contributed by atoms with Crippen LogP contribution in [0.4, 0.5) is 0 Å². The predicted octanol–water partition coefficient (Wildman–Crippen LogP) is 1.24. The van der Waals surface area contributed by atoms with Gasteiger partial charge in [-0.25, -0.2) is 0 Å². The first-order valence-corrected chi connectivity index (χ1v) is 5.09. The van der Waals surface area contributed by atoms with E-state index < -0.39 is 0 Å². The van der Waals surface area contributed by atoms with Crippen LogP contribution < -0.4 is 10.5 Å². The van der Waals surface area contributed by atoms with E-state index >= 15 is 0 Å². The fourth-order valence-corrected chi connectivity index (χ4v) is 1.43. The molecule has 1 aromatic rings. The number of methoxy groups -OCH3 is 2. The minimum Gasteiger partial charge on any atom is -0.497 e. The molecule has 0 fully saturated rings. The molecule has 0 saturated carbocycles. The van der Waals surface area contributed by atoms with Gasteiger partial charge in [-0.1, -0.05) is 12.1 Å². The van der Waals surface area contributed by atoms with Crippen LogP contribution in [0.3, 0.4) is 0 Å². The number of benzene rings is 1. The second-order valence-electron chi connectivity index (χ2n) is 3.57. The zero-order valence-electron chi connectivity index (χ0n) is 9.60. The topological polar surface area (TPSA) is 61.5 Å². The van der Waals surface area contributed by atoms with E-state index in [1.165, 1.54) is 0 Å². The first-order valence-electron chi connectivity index (χ1n) is 5.09. The Balaban J connectivity index is 2.65. The Morgan fingerprint density at radius 1 is 1.44 bits per heavy atom. The molecule has 1 rings (SSSR count).